The van der Waals surface area contributed by atoms with Crippen molar-refractivity contribution in [2.75, 3.05) is 4.90 Å². The SMILES string of the molecule is c1ccc(-c2ccccc2-c2ccccc2-c2ccccc2N(c2cccc(-c3cccc4oc5ccccc5c34)c2)c2ccc3c(c2)C2(c4ccccc4-c4ccccc42)c2ccccc2-3)cc1. The van der Waals surface area contributed by atoms with Gasteiger partial charge in [0.1, 0.15) is 11.2 Å². The van der Waals surface area contributed by atoms with Crippen LogP contribution in [0, 0.1) is 0 Å². The van der Waals surface area contributed by atoms with Crippen LogP contribution in [0.1, 0.15) is 22.3 Å². The smallest absolute Gasteiger partial charge is 0.136 e. The van der Waals surface area contributed by atoms with E-state index >= 15 is 0 Å². The number of benzene rings is 11. The molecule has 0 radical (unpaired) electrons. The van der Waals surface area contributed by atoms with Crippen LogP contribution < -0.4 is 4.90 Å². The summed E-state index contributed by atoms with van der Waals surface area (Å²) in [5.74, 6) is 0. The lowest BCUT2D eigenvalue weighted by Crippen LogP contribution is -2.26. The molecule has 1 heterocycles. The first kappa shape index (κ1) is 39.2. The average Bonchev–Trinajstić information content (AvgIpc) is 4.06. The minimum atomic E-state index is -0.492. The van der Waals surface area contributed by atoms with E-state index in [1.165, 1.54) is 66.8 Å². The number of nitrogens with zero attached hydrogens (tertiary/aromatic N) is 1. The third-order valence-electron chi connectivity index (χ3n) is 14.7. The van der Waals surface area contributed by atoms with Crippen LogP contribution in [0.3, 0.4) is 0 Å². The highest BCUT2D eigenvalue weighted by molar-refractivity contribution is 6.12. The van der Waals surface area contributed by atoms with Gasteiger partial charge in [0.25, 0.3) is 0 Å². The topological polar surface area (TPSA) is 16.4 Å². The molecule has 2 nitrogen and oxygen atoms in total. The molecule has 14 rings (SSSR count). The number of hydrogen-bond acceptors (Lipinski definition) is 2. The van der Waals surface area contributed by atoms with Gasteiger partial charge in [-0.25, -0.2) is 0 Å². The van der Waals surface area contributed by atoms with E-state index in [9.17, 15) is 0 Å². The molecule has 0 saturated heterocycles. The molecule has 2 aliphatic carbocycles. The summed E-state index contributed by atoms with van der Waals surface area (Å²) in [6.45, 7) is 0. The largest absolute Gasteiger partial charge is 0.456 e. The van der Waals surface area contributed by atoms with E-state index in [0.717, 1.165) is 61.3 Å². The molecular weight excluding hydrogens is 835 g/mol. The lowest BCUT2D eigenvalue weighted by atomic mass is 9.70. The van der Waals surface area contributed by atoms with Gasteiger partial charge < -0.3 is 9.32 Å². The van der Waals surface area contributed by atoms with Gasteiger partial charge in [0, 0.05) is 27.7 Å². The fraction of sp³-hybridized carbons (Fsp3) is 0.0149. The Balaban J connectivity index is 1.03. The molecule has 2 heteroatoms. The van der Waals surface area contributed by atoms with E-state index in [0.29, 0.717) is 0 Å². The molecule has 0 N–H and O–H groups in total. The van der Waals surface area contributed by atoms with Crippen LogP contribution in [0.15, 0.2) is 265 Å². The van der Waals surface area contributed by atoms with Crippen LogP contribution in [0.5, 0.6) is 0 Å². The number of hydrogen-bond donors (Lipinski definition) is 0. The van der Waals surface area contributed by atoms with Gasteiger partial charge in [0.15, 0.2) is 0 Å². The maximum absolute atomic E-state index is 6.43. The van der Waals surface area contributed by atoms with Crippen molar-refractivity contribution in [1.29, 1.82) is 0 Å². The molecule has 11 aromatic carbocycles. The second kappa shape index (κ2) is 15.6. The Kier molecular flexibility index (Phi) is 8.84. The highest BCUT2D eigenvalue weighted by Crippen LogP contribution is 2.63. The van der Waals surface area contributed by atoms with Crippen molar-refractivity contribution >= 4 is 39.0 Å². The number of fused-ring (bicyclic) bond motifs is 13. The maximum atomic E-state index is 6.43. The van der Waals surface area contributed by atoms with E-state index in [-0.39, 0.29) is 0 Å². The minimum Gasteiger partial charge on any atom is -0.456 e. The van der Waals surface area contributed by atoms with E-state index in [1.807, 2.05) is 6.07 Å². The lowest BCUT2D eigenvalue weighted by Gasteiger charge is -2.33. The Hall–Kier alpha value is -8.98. The van der Waals surface area contributed by atoms with Crippen LogP contribution in [0.2, 0.25) is 0 Å². The molecule has 0 aliphatic heterocycles. The summed E-state index contributed by atoms with van der Waals surface area (Å²) in [5, 5.41) is 2.24. The van der Waals surface area contributed by atoms with Crippen molar-refractivity contribution in [3.63, 3.8) is 0 Å². The van der Waals surface area contributed by atoms with E-state index in [1.54, 1.807) is 0 Å². The predicted octanol–water partition coefficient (Wildman–Crippen LogP) is 18.1. The number of para-hydroxylation sites is 2. The summed E-state index contributed by atoms with van der Waals surface area (Å²) in [7, 11) is 0. The molecule has 0 fully saturated rings. The predicted molar refractivity (Wildman–Crippen MR) is 286 cm³/mol. The van der Waals surface area contributed by atoms with Gasteiger partial charge in [0.05, 0.1) is 11.1 Å². The zero-order valence-corrected chi connectivity index (χ0v) is 37.7. The number of rotatable bonds is 7. The van der Waals surface area contributed by atoms with Crippen molar-refractivity contribution in [3.05, 3.63) is 283 Å². The third-order valence-corrected chi connectivity index (χ3v) is 14.7. The first-order valence-corrected chi connectivity index (χ1v) is 23.8. The molecule has 12 aromatic rings. The van der Waals surface area contributed by atoms with Gasteiger partial charge in [-0.3, -0.25) is 0 Å². The summed E-state index contributed by atoms with van der Waals surface area (Å²) in [4.78, 5) is 2.50. The first-order valence-electron chi connectivity index (χ1n) is 23.8. The van der Waals surface area contributed by atoms with Crippen molar-refractivity contribution in [3.8, 4) is 66.8 Å². The van der Waals surface area contributed by atoms with Crippen LogP contribution in [0.25, 0.3) is 88.7 Å². The molecule has 322 valence electrons. The minimum absolute atomic E-state index is 0.492. The molecular formula is C67H43NO. The van der Waals surface area contributed by atoms with E-state index in [4.69, 9.17) is 4.42 Å². The van der Waals surface area contributed by atoms with Crippen LogP contribution in [-0.2, 0) is 5.41 Å². The van der Waals surface area contributed by atoms with Gasteiger partial charge in [-0.05, 0) is 126 Å². The Labute approximate surface area is 401 Å². The second-order valence-corrected chi connectivity index (χ2v) is 18.3. The van der Waals surface area contributed by atoms with Crippen molar-refractivity contribution in [1.82, 2.24) is 0 Å². The molecule has 0 amide bonds. The average molecular weight is 878 g/mol. The number of furan rings is 1. The third kappa shape index (κ3) is 5.86. The van der Waals surface area contributed by atoms with Gasteiger partial charge in [0.2, 0.25) is 0 Å². The summed E-state index contributed by atoms with van der Waals surface area (Å²) >= 11 is 0. The normalized spacial score (nSPS) is 12.8. The van der Waals surface area contributed by atoms with Crippen molar-refractivity contribution in [2.45, 2.75) is 5.41 Å². The summed E-state index contributed by atoms with van der Waals surface area (Å²) in [5.41, 5.74) is 24.3. The van der Waals surface area contributed by atoms with Gasteiger partial charge in [-0.1, -0.05) is 218 Å². The zero-order chi connectivity index (χ0) is 45.5. The fourth-order valence-electron chi connectivity index (χ4n) is 11.9. The first-order chi connectivity index (χ1) is 34.3. The zero-order valence-electron chi connectivity index (χ0n) is 37.7. The molecule has 69 heavy (non-hydrogen) atoms. The molecule has 0 saturated carbocycles. The highest BCUT2D eigenvalue weighted by Gasteiger charge is 2.51. The van der Waals surface area contributed by atoms with Crippen molar-refractivity contribution < 1.29 is 4.42 Å². The van der Waals surface area contributed by atoms with Crippen LogP contribution >= 0.6 is 0 Å². The number of anilines is 3. The monoisotopic (exact) mass is 877 g/mol. The second-order valence-electron chi connectivity index (χ2n) is 18.3. The molecule has 0 atom stereocenters. The molecule has 1 spiro atoms. The van der Waals surface area contributed by atoms with Gasteiger partial charge in [-0.15, -0.1) is 0 Å². The highest BCUT2D eigenvalue weighted by atomic mass is 16.3. The quantitative estimate of drug-likeness (QED) is 0.159. The van der Waals surface area contributed by atoms with E-state index in [2.05, 4.69) is 260 Å². The Morgan fingerprint density at radius 1 is 0.275 bits per heavy atom. The van der Waals surface area contributed by atoms with Gasteiger partial charge >= 0.3 is 0 Å². The summed E-state index contributed by atoms with van der Waals surface area (Å²) < 4.78 is 6.43. The fourth-order valence-corrected chi connectivity index (χ4v) is 11.9. The van der Waals surface area contributed by atoms with Crippen LogP contribution in [-0.4, -0.2) is 0 Å². The summed E-state index contributed by atoms with van der Waals surface area (Å²) in [6, 6.07) is 95.7. The molecule has 1 aromatic heterocycles. The summed E-state index contributed by atoms with van der Waals surface area (Å²) in [6.07, 6.45) is 0. The lowest BCUT2D eigenvalue weighted by molar-refractivity contribution is 0.669. The van der Waals surface area contributed by atoms with Crippen LogP contribution in [0.4, 0.5) is 17.1 Å². The van der Waals surface area contributed by atoms with Gasteiger partial charge in [-0.2, -0.15) is 0 Å². The molecule has 0 bridgehead atoms. The Morgan fingerprint density at radius 2 is 0.739 bits per heavy atom. The molecule has 0 unspecified atom stereocenters. The molecule has 2 aliphatic rings. The Bertz CT molecular complexity index is 3920. The van der Waals surface area contributed by atoms with E-state index < -0.39 is 5.41 Å². The van der Waals surface area contributed by atoms with Crippen molar-refractivity contribution in [2.24, 2.45) is 0 Å². The maximum Gasteiger partial charge on any atom is 0.136 e. The Morgan fingerprint density at radius 3 is 1.43 bits per heavy atom. The standard InChI is InChI=1S/C67H43NO/c1-2-20-44(21-3-1)48-24-4-5-25-50(48)51-26-6-7-27-52(51)57-31-11-16-37-63(57)68(46-23-18-22-45(42-46)49-33-19-39-65-66(49)58-32-12-17-38-64(58)69-65)47-40-41-56-55-30-10-15-36-61(55)67(62(56)43-47)59-34-13-8-28-53(59)54-29-9-14-35-60(54)67/h1-43H.